The van der Waals surface area contributed by atoms with E-state index in [0.29, 0.717) is 0 Å². The molecule has 0 fully saturated rings. The lowest BCUT2D eigenvalue weighted by molar-refractivity contribution is -0.141. The molecule has 0 aliphatic carbocycles. The first-order chi connectivity index (χ1) is 18.0. The molecule has 0 rings (SSSR count). The summed E-state index contributed by atoms with van der Waals surface area (Å²) in [5, 5.41) is 0. The smallest absolute Gasteiger partial charge is 0.330 e. The standard InChI is InChI=1S/C22H43O6PS.C6H15N/c1-3-4-5-6-7-8-9-10-11-12-13-14-15-16-17-18-22(23)27-19-21(26-2)20-28-29(24)30-25;1-4-7(5-2)6-3/h17-18,21,25,29H,3-16,19-20H2,1-2H3;4-6H2,1-3H3/t21-;/m0./s1. The molecule has 0 amide bonds. The Morgan fingerprint density at radius 2 is 1.32 bits per heavy atom. The first-order valence-electron chi connectivity index (χ1n) is 14.5. The maximum absolute atomic E-state index is 11.7. The van der Waals surface area contributed by atoms with Crippen LogP contribution in [0, 0.1) is 0 Å². The Hall–Kier alpha value is -0.370. The molecule has 0 bridgehead atoms. The van der Waals surface area contributed by atoms with Gasteiger partial charge >= 0.3 is 5.97 Å². The topological polar surface area (TPSA) is 85.3 Å². The second kappa shape index (κ2) is 31.8. The average Bonchev–Trinajstić information content (AvgIpc) is 2.92. The van der Waals surface area contributed by atoms with Gasteiger partial charge in [-0.3, -0.25) is 4.57 Å². The van der Waals surface area contributed by atoms with E-state index in [1.807, 2.05) is 6.08 Å². The van der Waals surface area contributed by atoms with E-state index < -0.39 is 19.3 Å². The van der Waals surface area contributed by atoms with E-state index in [-0.39, 0.29) is 24.9 Å². The van der Waals surface area contributed by atoms with E-state index in [1.165, 1.54) is 110 Å². The van der Waals surface area contributed by atoms with Gasteiger partial charge in [-0.05, 0) is 32.5 Å². The fraction of sp³-hybridized carbons (Fsp3) is 0.893. The minimum absolute atomic E-state index is 0.00217. The van der Waals surface area contributed by atoms with E-state index in [0.717, 1.165) is 12.8 Å². The number of hydrogen-bond acceptors (Lipinski definition) is 8. The molecule has 0 aliphatic rings. The highest BCUT2D eigenvalue weighted by Gasteiger charge is 2.12. The number of unbranched alkanes of at least 4 members (excludes halogenated alkanes) is 13. The molecular formula is C28H58NO6PS. The van der Waals surface area contributed by atoms with Crippen LogP contribution in [0.5, 0.6) is 0 Å². The van der Waals surface area contributed by atoms with Gasteiger partial charge in [0, 0.05) is 13.2 Å². The summed E-state index contributed by atoms with van der Waals surface area (Å²) in [5.41, 5.74) is 0. The Balaban J connectivity index is 0. The van der Waals surface area contributed by atoms with Crippen molar-refractivity contribution in [3.63, 3.8) is 0 Å². The van der Waals surface area contributed by atoms with Crippen molar-refractivity contribution in [3.05, 3.63) is 12.2 Å². The van der Waals surface area contributed by atoms with Gasteiger partial charge < -0.3 is 23.5 Å². The van der Waals surface area contributed by atoms with Crippen molar-refractivity contribution < 1.29 is 27.9 Å². The van der Waals surface area contributed by atoms with Crippen LogP contribution >= 0.6 is 18.9 Å². The quantitative estimate of drug-likeness (QED) is 0.0386. The number of ether oxygens (including phenoxy) is 2. The number of carbonyl (C=O) groups is 1. The molecule has 0 aliphatic heterocycles. The lowest BCUT2D eigenvalue weighted by Gasteiger charge is -2.14. The van der Waals surface area contributed by atoms with Crippen LogP contribution in [0.1, 0.15) is 118 Å². The summed E-state index contributed by atoms with van der Waals surface area (Å²) in [7, 11) is -1.07. The van der Waals surface area contributed by atoms with Crippen LogP contribution in [0.3, 0.4) is 0 Å². The Morgan fingerprint density at radius 1 is 0.838 bits per heavy atom. The van der Waals surface area contributed by atoms with Crippen LogP contribution < -0.4 is 0 Å². The first kappa shape index (κ1) is 38.8. The third kappa shape index (κ3) is 30.0. The summed E-state index contributed by atoms with van der Waals surface area (Å²) in [6, 6.07) is 0. The van der Waals surface area contributed by atoms with Crippen LogP contribution in [-0.4, -0.2) is 61.5 Å². The van der Waals surface area contributed by atoms with E-state index >= 15 is 0 Å². The molecular weight excluding hydrogens is 509 g/mol. The Morgan fingerprint density at radius 3 is 1.73 bits per heavy atom. The second-order valence-electron chi connectivity index (χ2n) is 9.19. The summed E-state index contributed by atoms with van der Waals surface area (Å²) in [6.07, 6.45) is 20.9. The fourth-order valence-corrected chi connectivity index (χ4v) is 4.46. The van der Waals surface area contributed by atoms with Crippen LogP contribution in [0.25, 0.3) is 0 Å². The van der Waals surface area contributed by atoms with E-state index in [4.69, 9.17) is 18.6 Å². The minimum atomic E-state index is -2.52. The third-order valence-electron chi connectivity index (χ3n) is 6.28. The van der Waals surface area contributed by atoms with Crippen LogP contribution in [0.2, 0.25) is 0 Å². The zero-order valence-corrected chi connectivity index (χ0v) is 26.3. The number of carbonyl (C=O) groups excluding carboxylic acids is 1. The molecule has 0 spiro atoms. The monoisotopic (exact) mass is 567 g/mol. The van der Waals surface area contributed by atoms with Gasteiger partial charge in [0.25, 0.3) is 7.23 Å². The maximum Gasteiger partial charge on any atom is 0.330 e. The second-order valence-corrected chi connectivity index (χ2v) is 11.7. The number of esters is 1. The molecule has 222 valence electrons. The molecule has 37 heavy (non-hydrogen) atoms. The number of allylic oxidation sites excluding steroid dienone is 1. The van der Waals surface area contributed by atoms with Crippen molar-refractivity contribution >= 4 is 24.9 Å². The van der Waals surface area contributed by atoms with Crippen molar-refractivity contribution in [1.29, 1.82) is 0 Å². The van der Waals surface area contributed by atoms with Crippen LogP contribution in [0.4, 0.5) is 0 Å². The summed E-state index contributed by atoms with van der Waals surface area (Å²) >= 11 is 0.179. The molecule has 7 nitrogen and oxygen atoms in total. The molecule has 0 saturated carbocycles. The molecule has 0 heterocycles. The predicted molar refractivity (Wildman–Crippen MR) is 160 cm³/mol. The Kier molecular flexibility index (Phi) is 33.4. The van der Waals surface area contributed by atoms with Crippen molar-refractivity contribution in [2.45, 2.75) is 124 Å². The minimum Gasteiger partial charge on any atom is -0.460 e. The van der Waals surface area contributed by atoms with Gasteiger partial charge in [-0.2, -0.15) is 0 Å². The molecule has 1 unspecified atom stereocenters. The van der Waals surface area contributed by atoms with Gasteiger partial charge in [-0.15, -0.1) is 0 Å². The number of hydrogen-bond donors (Lipinski definition) is 1. The average molecular weight is 568 g/mol. The highest BCUT2D eigenvalue weighted by Crippen LogP contribution is 2.35. The maximum atomic E-state index is 11.7. The molecule has 9 heteroatoms. The predicted octanol–water partition coefficient (Wildman–Crippen LogP) is 8.54. The van der Waals surface area contributed by atoms with Gasteiger partial charge in [-0.1, -0.05) is 111 Å². The number of methoxy groups -OCH3 is 1. The van der Waals surface area contributed by atoms with Crippen molar-refractivity contribution in [2.75, 3.05) is 40.0 Å². The van der Waals surface area contributed by atoms with Crippen LogP contribution in [-0.2, 0) is 23.4 Å². The van der Waals surface area contributed by atoms with Crippen LogP contribution in [0.15, 0.2) is 12.2 Å². The molecule has 0 aromatic heterocycles. The largest absolute Gasteiger partial charge is 0.460 e. The molecule has 0 aromatic carbocycles. The molecule has 0 aromatic rings. The summed E-state index contributed by atoms with van der Waals surface area (Å²) in [4.78, 5) is 14.1. The number of nitrogens with zero attached hydrogens (tertiary/aromatic N) is 1. The third-order valence-corrected chi connectivity index (χ3v) is 7.63. The number of rotatable bonds is 25. The van der Waals surface area contributed by atoms with E-state index in [9.17, 15) is 9.36 Å². The zero-order valence-electron chi connectivity index (χ0n) is 24.5. The van der Waals surface area contributed by atoms with Gasteiger partial charge in [-0.25, -0.2) is 4.79 Å². The molecule has 0 saturated heterocycles. The van der Waals surface area contributed by atoms with E-state index in [1.54, 1.807) is 0 Å². The molecule has 1 N–H and O–H groups in total. The normalized spacial score (nSPS) is 12.9. The van der Waals surface area contributed by atoms with Gasteiger partial charge in [0.15, 0.2) is 0 Å². The van der Waals surface area contributed by atoms with Gasteiger partial charge in [0.1, 0.15) is 12.7 Å². The van der Waals surface area contributed by atoms with Gasteiger partial charge in [0.05, 0.1) is 18.3 Å². The summed E-state index contributed by atoms with van der Waals surface area (Å²) in [5.74, 6) is -0.420. The van der Waals surface area contributed by atoms with E-state index in [2.05, 4.69) is 32.6 Å². The zero-order chi connectivity index (χ0) is 28.0. The highest BCUT2D eigenvalue weighted by atomic mass is 32.7. The Labute approximate surface area is 233 Å². The van der Waals surface area contributed by atoms with Crippen molar-refractivity contribution in [3.8, 4) is 0 Å². The van der Waals surface area contributed by atoms with Gasteiger partial charge in [0.2, 0.25) is 0 Å². The fourth-order valence-electron chi connectivity index (χ4n) is 3.73. The summed E-state index contributed by atoms with van der Waals surface area (Å²) < 4.78 is 34.7. The first-order valence-corrected chi connectivity index (χ1v) is 17.4. The lowest BCUT2D eigenvalue weighted by atomic mass is 10.0. The van der Waals surface area contributed by atoms with Crippen molar-refractivity contribution in [1.82, 2.24) is 4.90 Å². The Bertz CT molecular complexity index is 529. The lowest BCUT2D eigenvalue weighted by Crippen LogP contribution is -2.24. The highest BCUT2D eigenvalue weighted by molar-refractivity contribution is 8.47. The molecule has 0 radical (unpaired) electrons. The molecule has 2 atom stereocenters. The SMILES string of the molecule is CCCCCCCCCCCCCCCC=CC(=O)OC[C@@H](CO[PH](=O)SO)OC.CCN(CC)CC. The summed E-state index contributed by atoms with van der Waals surface area (Å²) in [6.45, 7) is 12.4. The van der Waals surface area contributed by atoms with Crippen molar-refractivity contribution in [2.24, 2.45) is 0 Å².